The van der Waals surface area contributed by atoms with Crippen molar-refractivity contribution in [3.05, 3.63) is 120 Å². The van der Waals surface area contributed by atoms with Gasteiger partial charge in [0.15, 0.2) is 16.3 Å². The van der Waals surface area contributed by atoms with Gasteiger partial charge in [-0.2, -0.15) is 0 Å². The van der Waals surface area contributed by atoms with Gasteiger partial charge in [-0.25, -0.2) is 14.6 Å². The number of ether oxygens (including phenoxy) is 3. The van der Waals surface area contributed by atoms with Crippen LogP contribution < -0.4 is 24.4 Å². The van der Waals surface area contributed by atoms with E-state index in [4.69, 9.17) is 19.2 Å². The van der Waals surface area contributed by atoms with Crippen molar-refractivity contribution in [2.24, 2.45) is 4.99 Å². The number of carbonyl (C=O) groups is 2. The highest BCUT2D eigenvalue weighted by molar-refractivity contribution is 7.07. The summed E-state index contributed by atoms with van der Waals surface area (Å²) in [6.07, 6.45) is 1.68. The maximum Gasteiger partial charge on any atom is 0.338 e. The average Bonchev–Trinajstić information content (AvgIpc) is 3.30. The molecule has 10 heteroatoms. The zero-order valence-electron chi connectivity index (χ0n) is 22.5. The third-order valence-corrected chi connectivity index (χ3v) is 7.54. The van der Waals surface area contributed by atoms with Gasteiger partial charge in [0.1, 0.15) is 0 Å². The SMILES string of the molecule is CCOC(=O)C1=C(c2ccccc2)N=c2s/c(=C\c3ccc(C(=O)O)cc3)c(=O)n2[C@@H]1c1ccc(OC)c(OC)c1. The quantitative estimate of drug-likeness (QED) is 0.322. The van der Waals surface area contributed by atoms with E-state index in [1.807, 2.05) is 30.3 Å². The van der Waals surface area contributed by atoms with E-state index in [1.54, 1.807) is 43.3 Å². The van der Waals surface area contributed by atoms with Gasteiger partial charge in [-0.15, -0.1) is 0 Å². The second-order valence-corrected chi connectivity index (χ2v) is 9.98. The summed E-state index contributed by atoms with van der Waals surface area (Å²) in [5.41, 5.74) is 2.36. The molecule has 0 aliphatic carbocycles. The van der Waals surface area contributed by atoms with Crippen LogP contribution in [0.1, 0.15) is 40.0 Å². The van der Waals surface area contributed by atoms with Crippen LogP contribution in [0.4, 0.5) is 0 Å². The van der Waals surface area contributed by atoms with E-state index >= 15 is 0 Å². The average molecular weight is 571 g/mol. The zero-order chi connectivity index (χ0) is 29.1. The number of nitrogens with zero attached hydrogens (tertiary/aromatic N) is 2. The number of rotatable bonds is 8. The summed E-state index contributed by atoms with van der Waals surface area (Å²) in [6.45, 7) is 1.86. The summed E-state index contributed by atoms with van der Waals surface area (Å²) >= 11 is 1.18. The van der Waals surface area contributed by atoms with E-state index in [-0.39, 0.29) is 23.3 Å². The number of thiazole rings is 1. The Morgan fingerprint density at radius 1 is 1.00 bits per heavy atom. The number of carboxylic acid groups (broad SMARTS) is 1. The Balaban J connectivity index is 1.81. The fourth-order valence-corrected chi connectivity index (χ4v) is 5.65. The third kappa shape index (κ3) is 5.29. The van der Waals surface area contributed by atoms with Gasteiger partial charge in [0.25, 0.3) is 5.56 Å². The van der Waals surface area contributed by atoms with Crippen LogP contribution in [0.25, 0.3) is 11.8 Å². The number of hydrogen-bond acceptors (Lipinski definition) is 8. The van der Waals surface area contributed by atoms with E-state index in [2.05, 4.69) is 0 Å². The molecule has 0 radical (unpaired) electrons. The summed E-state index contributed by atoms with van der Waals surface area (Å²) in [5, 5.41) is 9.22. The van der Waals surface area contributed by atoms with Crippen molar-refractivity contribution in [3.63, 3.8) is 0 Å². The predicted octanol–water partition coefficient (Wildman–Crippen LogP) is 3.65. The van der Waals surface area contributed by atoms with Crippen molar-refractivity contribution in [2.45, 2.75) is 13.0 Å². The number of methoxy groups -OCH3 is 2. The van der Waals surface area contributed by atoms with Crippen LogP contribution in [0.2, 0.25) is 0 Å². The molecule has 0 bridgehead atoms. The molecule has 2 heterocycles. The maximum absolute atomic E-state index is 14.0. The van der Waals surface area contributed by atoms with E-state index < -0.39 is 18.0 Å². The van der Waals surface area contributed by atoms with Gasteiger partial charge in [-0.1, -0.05) is 59.9 Å². The van der Waals surface area contributed by atoms with Crippen LogP contribution in [0.5, 0.6) is 11.5 Å². The highest BCUT2D eigenvalue weighted by Gasteiger charge is 2.35. The molecule has 4 aromatic rings. The number of esters is 1. The summed E-state index contributed by atoms with van der Waals surface area (Å²) in [5.74, 6) is -0.690. The van der Waals surface area contributed by atoms with Gasteiger partial charge >= 0.3 is 11.9 Å². The Morgan fingerprint density at radius 3 is 2.34 bits per heavy atom. The number of hydrogen-bond donors (Lipinski definition) is 1. The topological polar surface area (TPSA) is 116 Å². The summed E-state index contributed by atoms with van der Waals surface area (Å²) < 4.78 is 18.3. The van der Waals surface area contributed by atoms with Crippen LogP contribution in [0.15, 0.2) is 88.2 Å². The first-order valence-electron chi connectivity index (χ1n) is 12.7. The second kappa shape index (κ2) is 11.6. The zero-order valence-corrected chi connectivity index (χ0v) is 23.3. The molecule has 0 saturated carbocycles. The number of aromatic carboxylic acids is 1. The van der Waals surface area contributed by atoms with Crippen LogP contribution in [0, 0.1) is 0 Å². The summed E-state index contributed by atoms with van der Waals surface area (Å²) in [7, 11) is 3.04. The molecule has 1 atom stereocenters. The fourth-order valence-electron chi connectivity index (χ4n) is 4.65. The minimum absolute atomic E-state index is 0.139. The standard InChI is InChI=1S/C31H26N2O7S/c1-4-40-30(37)25-26(19-8-6-5-7-9-19)32-31-33(27(25)21-14-15-22(38-2)23(17-21)39-3)28(34)24(41-31)16-18-10-12-20(13-11-18)29(35)36/h5-17,27H,4H2,1-3H3,(H,35,36)/b24-16-/t27-/m1/s1. The maximum atomic E-state index is 14.0. The molecule has 41 heavy (non-hydrogen) atoms. The molecular weight excluding hydrogens is 544 g/mol. The Hall–Kier alpha value is -4.96. The van der Waals surface area contributed by atoms with Crippen LogP contribution in [0.3, 0.4) is 0 Å². The number of benzene rings is 3. The minimum atomic E-state index is -1.04. The van der Waals surface area contributed by atoms with E-state index in [1.165, 1.54) is 42.3 Å². The lowest BCUT2D eigenvalue weighted by molar-refractivity contribution is -0.138. The molecule has 1 aliphatic heterocycles. The minimum Gasteiger partial charge on any atom is -0.493 e. The lowest BCUT2D eigenvalue weighted by atomic mass is 9.93. The summed E-state index contributed by atoms with van der Waals surface area (Å²) in [6, 6.07) is 19.8. The smallest absolute Gasteiger partial charge is 0.338 e. The fraction of sp³-hybridized carbons (Fsp3) is 0.161. The Bertz CT molecular complexity index is 1840. The monoisotopic (exact) mass is 570 g/mol. The van der Waals surface area contributed by atoms with Gasteiger partial charge in [-0.3, -0.25) is 9.36 Å². The Morgan fingerprint density at radius 2 is 1.71 bits per heavy atom. The van der Waals surface area contributed by atoms with Crippen LogP contribution in [-0.2, 0) is 9.53 Å². The van der Waals surface area contributed by atoms with Crippen molar-refractivity contribution >= 4 is 35.0 Å². The lowest BCUT2D eigenvalue weighted by Gasteiger charge is -2.26. The Labute approximate surface area is 238 Å². The molecule has 5 rings (SSSR count). The van der Waals surface area contributed by atoms with Gasteiger partial charge in [0.05, 0.1) is 48.2 Å². The largest absolute Gasteiger partial charge is 0.493 e. The lowest BCUT2D eigenvalue weighted by Crippen LogP contribution is -2.40. The van der Waals surface area contributed by atoms with Crippen LogP contribution in [-0.4, -0.2) is 42.4 Å². The molecule has 208 valence electrons. The predicted molar refractivity (Wildman–Crippen MR) is 154 cm³/mol. The number of fused-ring (bicyclic) bond motifs is 1. The molecule has 3 aromatic carbocycles. The molecule has 1 aliphatic rings. The normalized spacial score (nSPS) is 14.7. The van der Waals surface area contributed by atoms with Crippen molar-refractivity contribution in [1.82, 2.24) is 4.57 Å². The molecule has 0 saturated heterocycles. The molecular formula is C31H26N2O7S. The van der Waals surface area contributed by atoms with Gasteiger partial charge in [-0.05, 0) is 48.4 Å². The van der Waals surface area contributed by atoms with Gasteiger partial charge < -0.3 is 19.3 Å². The highest BCUT2D eigenvalue weighted by Crippen LogP contribution is 2.38. The van der Waals surface area contributed by atoms with E-state index in [9.17, 15) is 19.5 Å². The first-order chi connectivity index (χ1) is 19.9. The van der Waals surface area contributed by atoms with E-state index in [0.717, 1.165) is 0 Å². The van der Waals surface area contributed by atoms with E-state index in [0.29, 0.717) is 43.2 Å². The molecule has 1 aromatic heterocycles. The first kappa shape index (κ1) is 27.6. The van der Waals surface area contributed by atoms with Crippen molar-refractivity contribution in [2.75, 3.05) is 20.8 Å². The van der Waals surface area contributed by atoms with Crippen LogP contribution >= 0.6 is 11.3 Å². The third-order valence-electron chi connectivity index (χ3n) is 6.55. The highest BCUT2D eigenvalue weighted by atomic mass is 32.1. The summed E-state index contributed by atoms with van der Waals surface area (Å²) in [4.78, 5) is 44.0. The molecule has 0 amide bonds. The molecule has 1 N–H and O–H groups in total. The number of carbonyl (C=O) groups excluding carboxylic acids is 1. The molecule has 9 nitrogen and oxygen atoms in total. The Kier molecular flexibility index (Phi) is 7.84. The second-order valence-electron chi connectivity index (χ2n) is 8.97. The van der Waals surface area contributed by atoms with Gasteiger partial charge in [0, 0.05) is 5.56 Å². The number of aromatic nitrogens is 1. The number of carboxylic acids is 1. The molecule has 0 spiro atoms. The van der Waals surface area contributed by atoms with Gasteiger partial charge in [0.2, 0.25) is 0 Å². The van der Waals surface area contributed by atoms with Crippen molar-refractivity contribution < 1.29 is 28.9 Å². The van der Waals surface area contributed by atoms with Crippen molar-refractivity contribution in [1.29, 1.82) is 0 Å². The molecule has 0 unspecified atom stereocenters. The van der Waals surface area contributed by atoms with Crippen molar-refractivity contribution in [3.8, 4) is 11.5 Å². The first-order valence-corrected chi connectivity index (χ1v) is 13.5. The molecule has 0 fully saturated rings.